The Bertz CT molecular complexity index is 1110. The minimum atomic E-state index is -0.585. The Morgan fingerprint density at radius 3 is 2.89 bits per heavy atom. The number of nitrogens with one attached hydrogen (secondary N) is 2. The zero-order valence-electron chi connectivity index (χ0n) is 19.9. The minimum Gasteiger partial charge on any atom is -0.381 e. The molecule has 2 unspecified atom stereocenters. The Kier molecular flexibility index (Phi) is 7.71. The van der Waals surface area contributed by atoms with Crippen molar-refractivity contribution in [3.8, 4) is 0 Å². The van der Waals surface area contributed by atoms with Crippen LogP contribution in [-0.2, 0) is 34.0 Å². The zero-order chi connectivity index (χ0) is 24.0. The smallest absolute Gasteiger partial charge is 0.227 e. The lowest BCUT2D eigenvalue weighted by Gasteiger charge is -2.26. The Balaban J connectivity index is 1.25. The van der Waals surface area contributed by atoms with Gasteiger partial charge in [-0.15, -0.1) is 0 Å². The van der Waals surface area contributed by atoms with Gasteiger partial charge < -0.3 is 19.8 Å². The number of benzene rings is 2. The Morgan fingerprint density at radius 1 is 1.14 bits per heavy atom. The van der Waals surface area contributed by atoms with Gasteiger partial charge in [0.1, 0.15) is 12.5 Å². The first-order chi connectivity index (χ1) is 17.2. The van der Waals surface area contributed by atoms with Gasteiger partial charge in [-0.3, -0.25) is 9.69 Å². The van der Waals surface area contributed by atoms with Crippen molar-refractivity contribution in [1.82, 2.24) is 20.2 Å². The fourth-order valence-electron chi connectivity index (χ4n) is 5.18. The molecule has 2 fully saturated rings. The molecule has 3 aromatic rings. The maximum absolute atomic E-state index is 13.3. The highest BCUT2D eigenvalue weighted by molar-refractivity contribution is 5.82. The minimum absolute atomic E-state index is 0.0999. The summed E-state index contributed by atoms with van der Waals surface area (Å²) in [5.41, 5.74) is 2.97. The summed E-state index contributed by atoms with van der Waals surface area (Å²) in [7, 11) is 0. The molecule has 0 radical (unpaired) electrons. The fourth-order valence-corrected chi connectivity index (χ4v) is 5.18. The van der Waals surface area contributed by atoms with Crippen LogP contribution in [0.3, 0.4) is 0 Å². The van der Waals surface area contributed by atoms with Gasteiger partial charge in [0.2, 0.25) is 5.91 Å². The van der Waals surface area contributed by atoms with Crippen LogP contribution in [0.4, 0.5) is 4.39 Å². The standard InChI is InChI=1S/C27H33FN4O3/c28-15-20-8-4-10-22-27(20)31-25(29-22)14-26(33)30-23-16-32(21-9-5-12-34-13-11-21)17-24(23)35-18-19-6-2-1-3-7-19/h1-4,6-8,10,21,23-24H,5,9,11-18H2,(H,29,31)(H,30,33)/t21?,23?,24-/m0/s1. The molecule has 2 saturated heterocycles. The van der Waals surface area contributed by atoms with E-state index in [0.717, 1.165) is 56.6 Å². The lowest BCUT2D eigenvalue weighted by atomic mass is 10.1. The zero-order valence-corrected chi connectivity index (χ0v) is 19.9. The van der Waals surface area contributed by atoms with Crippen LogP contribution in [0.5, 0.6) is 0 Å². The first-order valence-electron chi connectivity index (χ1n) is 12.5. The number of ether oxygens (including phenoxy) is 2. The molecule has 2 aromatic carbocycles. The lowest BCUT2D eigenvalue weighted by Crippen LogP contribution is -2.45. The van der Waals surface area contributed by atoms with Crippen molar-refractivity contribution in [2.75, 3.05) is 26.3 Å². The van der Waals surface area contributed by atoms with E-state index < -0.39 is 6.67 Å². The molecule has 1 aromatic heterocycles. The molecular formula is C27H33FN4O3. The van der Waals surface area contributed by atoms with Crippen molar-refractivity contribution in [2.45, 2.75) is 57.2 Å². The Hall–Kier alpha value is -2.81. The molecule has 5 rings (SSSR count). The number of carbonyl (C=O) groups excluding carboxylic acids is 1. The number of amides is 1. The number of hydrogen-bond acceptors (Lipinski definition) is 5. The highest BCUT2D eigenvalue weighted by Crippen LogP contribution is 2.24. The van der Waals surface area contributed by atoms with Crippen LogP contribution in [0, 0.1) is 0 Å². The predicted octanol–water partition coefficient (Wildman–Crippen LogP) is 3.53. The second-order valence-corrected chi connectivity index (χ2v) is 9.47. The molecule has 2 aliphatic heterocycles. The molecule has 3 atom stereocenters. The summed E-state index contributed by atoms with van der Waals surface area (Å²) in [6.07, 6.45) is 3.17. The molecule has 1 amide bonds. The molecule has 0 saturated carbocycles. The number of carbonyl (C=O) groups is 1. The number of aromatic nitrogens is 2. The van der Waals surface area contributed by atoms with Crippen LogP contribution in [0.2, 0.25) is 0 Å². The third-order valence-electron chi connectivity index (χ3n) is 7.00. The third-order valence-corrected chi connectivity index (χ3v) is 7.00. The summed E-state index contributed by atoms with van der Waals surface area (Å²) in [5.74, 6) is 0.422. The first kappa shape index (κ1) is 23.9. The fraction of sp³-hybridized carbons (Fsp3) is 0.481. The van der Waals surface area contributed by atoms with Gasteiger partial charge >= 0.3 is 0 Å². The summed E-state index contributed by atoms with van der Waals surface area (Å²) < 4.78 is 25.3. The van der Waals surface area contributed by atoms with E-state index >= 15 is 0 Å². The summed E-state index contributed by atoms with van der Waals surface area (Å²) in [6, 6.07) is 15.8. The van der Waals surface area contributed by atoms with Crippen molar-refractivity contribution in [3.05, 3.63) is 65.5 Å². The number of rotatable bonds is 8. The average molecular weight is 481 g/mol. The summed E-state index contributed by atoms with van der Waals surface area (Å²) in [4.78, 5) is 23.1. The summed E-state index contributed by atoms with van der Waals surface area (Å²) >= 11 is 0. The van der Waals surface area contributed by atoms with Crippen LogP contribution in [-0.4, -0.2) is 65.3 Å². The second-order valence-electron chi connectivity index (χ2n) is 9.47. The van der Waals surface area contributed by atoms with E-state index in [2.05, 4.69) is 32.3 Å². The van der Waals surface area contributed by atoms with Gasteiger partial charge in [-0.05, 0) is 30.9 Å². The second kappa shape index (κ2) is 11.3. The molecule has 0 bridgehead atoms. The average Bonchev–Trinajstić information content (AvgIpc) is 3.36. The first-order valence-corrected chi connectivity index (χ1v) is 12.5. The number of halogens is 1. The topological polar surface area (TPSA) is 79.5 Å². The van der Waals surface area contributed by atoms with E-state index in [9.17, 15) is 9.18 Å². The van der Waals surface area contributed by atoms with Gasteiger partial charge in [0.25, 0.3) is 0 Å². The van der Waals surface area contributed by atoms with Crippen molar-refractivity contribution >= 4 is 16.9 Å². The third kappa shape index (κ3) is 5.89. The Labute approximate surface area is 205 Å². The monoisotopic (exact) mass is 480 g/mol. The predicted molar refractivity (Wildman–Crippen MR) is 132 cm³/mol. The normalized spacial score (nSPS) is 23.4. The van der Waals surface area contributed by atoms with Gasteiger partial charge in [0.15, 0.2) is 0 Å². The number of likely N-dealkylation sites (tertiary alicyclic amines) is 1. The van der Waals surface area contributed by atoms with Crippen LogP contribution in [0.1, 0.15) is 36.2 Å². The van der Waals surface area contributed by atoms with Crippen LogP contribution in [0.25, 0.3) is 11.0 Å². The number of fused-ring (bicyclic) bond motifs is 1. The van der Waals surface area contributed by atoms with Gasteiger partial charge in [-0.25, -0.2) is 9.37 Å². The molecule has 186 valence electrons. The van der Waals surface area contributed by atoms with Crippen molar-refractivity contribution < 1.29 is 18.7 Å². The van der Waals surface area contributed by atoms with E-state index in [1.807, 2.05) is 24.3 Å². The van der Waals surface area contributed by atoms with Crippen LogP contribution >= 0.6 is 0 Å². The van der Waals surface area contributed by atoms with Crippen molar-refractivity contribution in [2.24, 2.45) is 0 Å². The molecular weight excluding hydrogens is 447 g/mol. The van der Waals surface area contributed by atoms with E-state index in [1.165, 1.54) is 0 Å². The maximum Gasteiger partial charge on any atom is 0.227 e. The molecule has 8 heteroatoms. The van der Waals surface area contributed by atoms with Crippen molar-refractivity contribution in [3.63, 3.8) is 0 Å². The number of aromatic amines is 1. The van der Waals surface area contributed by atoms with Gasteiger partial charge in [-0.1, -0.05) is 42.5 Å². The molecule has 3 heterocycles. The van der Waals surface area contributed by atoms with Gasteiger partial charge in [0.05, 0.1) is 36.2 Å². The van der Waals surface area contributed by atoms with E-state index in [-0.39, 0.29) is 24.5 Å². The molecule has 0 spiro atoms. The number of imidazole rings is 1. The van der Waals surface area contributed by atoms with Crippen LogP contribution < -0.4 is 5.32 Å². The molecule has 2 aliphatic rings. The summed E-state index contributed by atoms with van der Waals surface area (Å²) in [6.45, 7) is 3.06. The highest BCUT2D eigenvalue weighted by atomic mass is 19.1. The largest absolute Gasteiger partial charge is 0.381 e. The van der Waals surface area contributed by atoms with Crippen LogP contribution in [0.15, 0.2) is 48.5 Å². The number of nitrogens with zero attached hydrogens (tertiary/aromatic N) is 2. The molecule has 35 heavy (non-hydrogen) atoms. The molecule has 2 N–H and O–H groups in total. The maximum atomic E-state index is 13.3. The summed E-state index contributed by atoms with van der Waals surface area (Å²) in [5, 5.41) is 3.20. The highest BCUT2D eigenvalue weighted by Gasteiger charge is 2.38. The van der Waals surface area contributed by atoms with E-state index in [0.29, 0.717) is 29.6 Å². The lowest BCUT2D eigenvalue weighted by molar-refractivity contribution is -0.122. The number of hydrogen-bond donors (Lipinski definition) is 2. The van der Waals surface area contributed by atoms with Crippen molar-refractivity contribution in [1.29, 1.82) is 0 Å². The number of H-pyrrole nitrogens is 1. The number of para-hydroxylation sites is 1. The molecule has 0 aliphatic carbocycles. The van der Waals surface area contributed by atoms with Gasteiger partial charge in [-0.2, -0.15) is 0 Å². The van der Waals surface area contributed by atoms with E-state index in [1.54, 1.807) is 12.1 Å². The van der Waals surface area contributed by atoms with Gasteiger partial charge in [0, 0.05) is 37.9 Å². The SMILES string of the molecule is O=C(Cc1nc2c(CF)cccc2[nH]1)NC1CN(C2CCCOCC2)C[C@@H]1OCc1ccccc1. The quantitative estimate of drug-likeness (QED) is 0.516. The molecule has 7 nitrogen and oxygen atoms in total. The van der Waals surface area contributed by atoms with E-state index in [4.69, 9.17) is 9.47 Å². The number of alkyl halides is 1. The Morgan fingerprint density at radius 2 is 2.03 bits per heavy atom.